The second-order valence-electron chi connectivity index (χ2n) is 6.01. The molecule has 1 amide bonds. The zero-order chi connectivity index (χ0) is 16.5. The number of benzene rings is 1. The molecule has 0 atom stereocenters. The van der Waals surface area contributed by atoms with Crippen LogP contribution in [0.15, 0.2) is 42.7 Å². The molecule has 0 fully saturated rings. The van der Waals surface area contributed by atoms with Crippen molar-refractivity contribution in [3.8, 4) is 0 Å². The highest BCUT2D eigenvalue weighted by Crippen LogP contribution is 2.09. The van der Waals surface area contributed by atoms with Gasteiger partial charge in [-0.15, -0.1) is 0 Å². The summed E-state index contributed by atoms with van der Waals surface area (Å²) < 4.78 is 3.94. The number of aromatic nitrogens is 2. The number of nitrogens with one attached hydrogen (secondary N) is 1. The van der Waals surface area contributed by atoms with Crippen LogP contribution in [0.2, 0.25) is 0 Å². The Morgan fingerprint density at radius 2 is 1.78 bits per heavy atom. The van der Waals surface area contributed by atoms with Crippen molar-refractivity contribution in [3.05, 3.63) is 48.5 Å². The van der Waals surface area contributed by atoms with E-state index in [4.69, 9.17) is 0 Å². The number of rotatable bonds is 9. The molecule has 2 rings (SSSR count). The van der Waals surface area contributed by atoms with Crippen LogP contribution < -0.4 is 9.88 Å². The van der Waals surface area contributed by atoms with Crippen molar-refractivity contribution in [2.45, 2.75) is 52.0 Å². The molecule has 1 aromatic carbocycles. The van der Waals surface area contributed by atoms with Crippen LogP contribution >= 0.6 is 0 Å². The highest BCUT2D eigenvalue weighted by atomic mass is 16.2. The van der Waals surface area contributed by atoms with Crippen LogP contribution in [0.5, 0.6) is 0 Å². The second kappa shape index (κ2) is 9.13. The summed E-state index contributed by atoms with van der Waals surface area (Å²) in [6, 6.07) is 9.59. The van der Waals surface area contributed by atoms with E-state index in [2.05, 4.69) is 16.8 Å². The third-order valence-electron chi connectivity index (χ3n) is 4.06. The molecule has 2 aromatic rings. The molecular weight excluding hydrogens is 286 g/mol. The fourth-order valence-electron chi connectivity index (χ4n) is 2.77. The van der Waals surface area contributed by atoms with Crippen molar-refractivity contribution < 1.29 is 9.36 Å². The smallest absolute Gasteiger partial charge is 0.315 e. The fourth-order valence-corrected chi connectivity index (χ4v) is 2.77. The van der Waals surface area contributed by atoms with Crippen LogP contribution in [0.1, 0.15) is 56.1 Å². The average molecular weight is 314 g/mol. The van der Waals surface area contributed by atoms with E-state index in [1.54, 1.807) is 0 Å². The molecule has 124 valence electrons. The summed E-state index contributed by atoms with van der Waals surface area (Å²) in [5, 5.41) is 2.96. The molecule has 1 heterocycles. The maximum Gasteiger partial charge on any atom is 0.348 e. The Labute approximate surface area is 139 Å². The van der Waals surface area contributed by atoms with Gasteiger partial charge in [0, 0.05) is 5.69 Å². The minimum atomic E-state index is -0.0605. The van der Waals surface area contributed by atoms with Crippen molar-refractivity contribution in [2.75, 3.05) is 5.32 Å². The van der Waals surface area contributed by atoms with Gasteiger partial charge in [-0.2, -0.15) is 0 Å². The number of carbonyl (C=O) groups excluding carboxylic acids is 1. The third-order valence-corrected chi connectivity index (χ3v) is 4.06. The number of para-hydroxylation sites is 1. The first-order valence-corrected chi connectivity index (χ1v) is 8.63. The van der Waals surface area contributed by atoms with Gasteiger partial charge < -0.3 is 5.32 Å². The molecule has 4 heteroatoms. The lowest BCUT2D eigenvalue weighted by atomic mass is 10.1. The van der Waals surface area contributed by atoms with Gasteiger partial charge in [-0.1, -0.05) is 50.8 Å². The van der Waals surface area contributed by atoms with Crippen molar-refractivity contribution in [1.29, 1.82) is 0 Å². The Bertz CT molecular complexity index is 604. The van der Waals surface area contributed by atoms with E-state index in [1.807, 2.05) is 54.3 Å². The summed E-state index contributed by atoms with van der Waals surface area (Å²) in [4.78, 5) is 12.5. The van der Waals surface area contributed by atoms with Crippen LogP contribution in [0.4, 0.5) is 5.69 Å². The summed E-state index contributed by atoms with van der Waals surface area (Å²) >= 11 is 0. The number of hydrogen-bond acceptors (Lipinski definition) is 1. The Morgan fingerprint density at radius 1 is 1.09 bits per heavy atom. The zero-order valence-corrected chi connectivity index (χ0v) is 14.3. The van der Waals surface area contributed by atoms with Crippen molar-refractivity contribution in [1.82, 2.24) is 4.57 Å². The molecule has 0 spiro atoms. The quantitative estimate of drug-likeness (QED) is 0.553. The van der Waals surface area contributed by atoms with Gasteiger partial charge in [0.25, 0.3) is 0 Å². The Balaban J connectivity index is 1.91. The van der Waals surface area contributed by atoms with Crippen molar-refractivity contribution >= 4 is 11.6 Å². The van der Waals surface area contributed by atoms with E-state index in [-0.39, 0.29) is 5.91 Å². The van der Waals surface area contributed by atoms with Gasteiger partial charge in [-0.25, -0.2) is 9.13 Å². The minimum Gasteiger partial charge on any atom is -0.315 e. The number of aryl methyl sites for hydroxylation is 2. The van der Waals surface area contributed by atoms with E-state index in [9.17, 15) is 4.79 Å². The van der Waals surface area contributed by atoms with Crippen LogP contribution in [0, 0.1) is 0 Å². The molecule has 0 bridgehead atoms. The summed E-state index contributed by atoms with van der Waals surface area (Å²) in [5.41, 5.74) is 0.824. The first kappa shape index (κ1) is 17.3. The summed E-state index contributed by atoms with van der Waals surface area (Å²) in [7, 11) is 1.91. The van der Waals surface area contributed by atoms with E-state index in [1.165, 1.54) is 32.1 Å². The lowest BCUT2D eigenvalue weighted by Crippen LogP contribution is -2.37. The number of nitrogens with zero attached hydrogens (tertiary/aromatic N) is 2. The normalized spacial score (nSPS) is 10.7. The highest BCUT2D eigenvalue weighted by Gasteiger charge is 2.23. The van der Waals surface area contributed by atoms with E-state index in [0.717, 1.165) is 18.7 Å². The first-order valence-electron chi connectivity index (χ1n) is 8.63. The van der Waals surface area contributed by atoms with Gasteiger partial charge in [0.1, 0.15) is 12.4 Å². The van der Waals surface area contributed by atoms with E-state index in [0.29, 0.717) is 5.82 Å². The molecular formula is C19H28N3O+. The third kappa shape index (κ3) is 5.23. The molecule has 4 nitrogen and oxygen atoms in total. The predicted molar refractivity (Wildman–Crippen MR) is 93.4 cm³/mol. The second-order valence-corrected chi connectivity index (χ2v) is 6.01. The SMILES string of the molecule is CCCCCCCCn1cc[n+](C)c1C(=O)Nc1ccccc1. The Morgan fingerprint density at radius 3 is 2.52 bits per heavy atom. The van der Waals surface area contributed by atoms with Gasteiger partial charge >= 0.3 is 11.7 Å². The van der Waals surface area contributed by atoms with Gasteiger partial charge in [0.15, 0.2) is 0 Å². The van der Waals surface area contributed by atoms with Gasteiger partial charge in [-0.3, -0.25) is 4.79 Å². The molecule has 0 unspecified atom stereocenters. The molecule has 0 saturated heterocycles. The molecule has 1 N–H and O–H groups in total. The van der Waals surface area contributed by atoms with E-state index < -0.39 is 0 Å². The maximum absolute atomic E-state index is 12.5. The average Bonchev–Trinajstić information content (AvgIpc) is 2.92. The Kier molecular flexibility index (Phi) is 6.85. The lowest BCUT2D eigenvalue weighted by Gasteiger charge is -2.05. The van der Waals surface area contributed by atoms with E-state index >= 15 is 0 Å². The monoisotopic (exact) mass is 314 g/mol. The number of amides is 1. The lowest BCUT2D eigenvalue weighted by molar-refractivity contribution is -0.672. The highest BCUT2D eigenvalue weighted by molar-refractivity contribution is 6.00. The van der Waals surface area contributed by atoms with Crippen molar-refractivity contribution in [3.63, 3.8) is 0 Å². The number of anilines is 1. The number of imidazole rings is 1. The number of unbranched alkanes of at least 4 members (excludes halogenated alkanes) is 5. The van der Waals surface area contributed by atoms with Crippen LogP contribution in [-0.4, -0.2) is 10.5 Å². The number of carbonyl (C=O) groups is 1. The molecule has 0 radical (unpaired) electrons. The van der Waals surface area contributed by atoms with Crippen molar-refractivity contribution in [2.24, 2.45) is 7.05 Å². The largest absolute Gasteiger partial charge is 0.348 e. The summed E-state index contributed by atoms with van der Waals surface area (Å²) in [5.74, 6) is 0.636. The molecule has 0 aliphatic rings. The molecule has 0 aliphatic heterocycles. The molecule has 23 heavy (non-hydrogen) atoms. The molecule has 0 aliphatic carbocycles. The number of hydrogen-bond donors (Lipinski definition) is 1. The predicted octanol–water partition coefficient (Wildman–Crippen LogP) is 3.93. The summed E-state index contributed by atoms with van der Waals surface area (Å²) in [6.45, 7) is 3.13. The van der Waals surface area contributed by atoms with Gasteiger partial charge in [0.2, 0.25) is 0 Å². The van der Waals surface area contributed by atoms with Crippen LogP contribution in [0.3, 0.4) is 0 Å². The topological polar surface area (TPSA) is 37.9 Å². The molecule has 0 saturated carbocycles. The zero-order valence-electron chi connectivity index (χ0n) is 14.3. The Hall–Kier alpha value is -2.10. The first-order chi connectivity index (χ1) is 11.2. The summed E-state index contributed by atoms with van der Waals surface area (Å²) in [6.07, 6.45) is 11.5. The standard InChI is InChI=1S/C19H27N3O/c1-3-4-5-6-7-11-14-22-16-15-21(2)19(22)18(23)20-17-12-9-8-10-13-17/h8-10,12-13,15-16H,3-7,11,14H2,1-2H3/p+1. The van der Waals surface area contributed by atoms with Gasteiger partial charge in [0.05, 0.1) is 13.6 Å². The molecule has 1 aromatic heterocycles. The fraction of sp³-hybridized carbons (Fsp3) is 0.474. The minimum absolute atomic E-state index is 0.0605. The van der Waals surface area contributed by atoms with Crippen LogP contribution in [-0.2, 0) is 13.6 Å². The van der Waals surface area contributed by atoms with Crippen LogP contribution in [0.25, 0.3) is 0 Å². The maximum atomic E-state index is 12.5. The van der Waals surface area contributed by atoms with Gasteiger partial charge in [-0.05, 0) is 25.0 Å².